The van der Waals surface area contributed by atoms with Crippen molar-refractivity contribution in [2.24, 2.45) is 23.5 Å². The number of aromatic amines is 1. The highest BCUT2D eigenvalue weighted by molar-refractivity contribution is 5.92. The van der Waals surface area contributed by atoms with Crippen LogP contribution in [0.15, 0.2) is 42.9 Å². The number of carboxylic acid groups (broad SMARTS) is 1. The van der Waals surface area contributed by atoms with Crippen molar-refractivity contribution in [3.63, 3.8) is 0 Å². The average Bonchev–Trinajstić information content (AvgIpc) is 3.66. The van der Waals surface area contributed by atoms with Crippen molar-refractivity contribution in [1.82, 2.24) is 31.2 Å². The second-order valence-electron chi connectivity index (χ2n) is 16.9. The second kappa shape index (κ2) is 23.7. The summed E-state index contributed by atoms with van der Waals surface area (Å²) in [5.41, 5.74) is 6.14. The summed E-state index contributed by atoms with van der Waals surface area (Å²) in [6.07, 6.45) is 8.55. The third-order valence-electron chi connectivity index (χ3n) is 10.2. The summed E-state index contributed by atoms with van der Waals surface area (Å²) >= 11 is 0. The van der Waals surface area contributed by atoms with Gasteiger partial charge in [-0.3, -0.25) is 14.4 Å². The molecule has 1 fully saturated rings. The minimum atomic E-state index is -1.16. The van der Waals surface area contributed by atoms with Crippen molar-refractivity contribution < 1.29 is 38.9 Å². The first kappa shape index (κ1) is 46.9. The highest BCUT2D eigenvalue weighted by Gasteiger charge is 2.35. The lowest BCUT2D eigenvalue weighted by atomic mass is 9.81. The molecule has 318 valence electrons. The number of nitrogens with two attached hydrogens (primary N) is 1. The highest BCUT2D eigenvalue weighted by atomic mass is 16.6. The topological polar surface area (TPSA) is 238 Å². The summed E-state index contributed by atoms with van der Waals surface area (Å²) in [7, 11) is 0. The van der Waals surface area contributed by atoms with E-state index >= 15 is 0 Å². The number of hydrogen-bond acceptors (Lipinski definition) is 9. The normalized spacial score (nSPS) is 16.7. The lowest BCUT2D eigenvalue weighted by Crippen LogP contribution is -2.58. The van der Waals surface area contributed by atoms with E-state index in [4.69, 9.17) is 10.5 Å². The van der Waals surface area contributed by atoms with Gasteiger partial charge in [-0.25, -0.2) is 14.6 Å². The van der Waals surface area contributed by atoms with E-state index in [0.29, 0.717) is 37.9 Å². The van der Waals surface area contributed by atoms with Gasteiger partial charge in [-0.1, -0.05) is 76.3 Å². The zero-order chi connectivity index (χ0) is 42.0. The van der Waals surface area contributed by atoms with Crippen LogP contribution < -0.4 is 27.0 Å². The number of aliphatic hydroxyl groups is 1. The van der Waals surface area contributed by atoms with Crippen LogP contribution >= 0.6 is 0 Å². The van der Waals surface area contributed by atoms with Gasteiger partial charge in [0, 0.05) is 30.7 Å². The number of alkyl carbamates (subject to hydrolysis) is 1. The van der Waals surface area contributed by atoms with E-state index in [0.717, 1.165) is 37.7 Å². The van der Waals surface area contributed by atoms with Gasteiger partial charge < -0.3 is 46.9 Å². The average molecular weight is 798 g/mol. The number of unbranched alkanes of at least 4 members (excludes halogenated alkanes) is 1. The SMILES string of the molecule is CC(C)C[C@H](C[C@H](O)[C@H](CC1CCCCC1)NC(=O)[C@H](Cc1cnc[nH]1)NC(=O)[C@H](Cc1ccccc1)NC(=O)OC(C)(C)C)C(=O)N[C@@H](CCCCN)C(=O)O. The lowest BCUT2D eigenvalue weighted by Gasteiger charge is -2.33. The van der Waals surface area contributed by atoms with Gasteiger partial charge in [-0.15, -0.1) is 0 Å². The Balaban J connectivity index is 1.88. The Morgan fingerprint density at radius 3 is 2.12 bits per heavy atom. The van der Waals surface area contributed by atoms with E-state index in [1.54, 1.807) is 27.0 Å². The van der Waals surface area contributed by atoms with Crippen LogP contribution in [-0.2, 0) is 36.8 Å². The van der Waals surface area contributed by atoms with Crippen LogP contribution in [0, 0.1) is 17.8 Å². The predicted molar refractivity (Wildman–Crippen MR) is 217 cm³/mol. The predicted octanol–water partition coefficient (Wildman–Crippen LogP) is 4.14. The van der Waals surface area contributed by atoms with Crippen LogP contribution in [0.4, 0.5) is 4.79 Å². The monoisotopic (exact) mass is 798 g/mol. The molecule has 3 rings (SSSR count). The molecule has 0 radical (unpaired) electrons. The largest absolute Gasteiger partial charge is 0.480 e. The van der Waals surface area contributed by atoms with Gasteiger partial charge in [0.05, 0.1) is 18.5 Å². The molecule has 57 heavy (non-hydrogen) atoms. The molecule has 1 aliphatic rings. The zero-order valence-corrected chi connectivity index (χ0v) is 34.4. The number of amides is 4. The van der Waals surface area contributed by atoms with Gasteiger partial charge in [-0.2, -0.15) is 0 Å². The number of hydrogen-bond donors (Lipinski definition) is 8. The molecule has 0 saturated heterocycles. The molecule has 0 unspecified atom stereocenters. The maximum atomic E-state index is 14.4. The van der Waals surface area contributed by atoms with Gasteiger partial charge >= 0.3 is 12.1 Å². The first-order chi connectivity index (χ1) is 27.0. The Morgan fingerprint density at radius 2 is 1.53 bits per heavy atom. The lowest BCUT2D eigenvalue weighted by molar-refractivity contribution is -0.143. The van der Waals surface area contributed by atoms with Crippen LogP contribution in [0.3, 0.4) is 0 Å². The number of rotatable bonds is 23. The number of carbonyl (C=O) groups excluding carboxylic acids is 4. The van der Waals surface area contributed by atoms with Crippen molar-refractivity contribution in [3.8, 4) is 0 Å². The van der Waals surface area contributed by atoms with Crippen LogP contribution in [0.1, 0.15) is 117 Å². The third-order valence-corrected chi connectivity index (χ3v) is 10.2. The summed E-state index contributed by atoms with van der Waals surface area (Å²) in [6.45, 7) is 9.48. The number of nitrogens with zero attached hydrogens (tertiary/aromatic N) is 1. The minimum Gasteiger partial charge on any atom is -0.480 e. The number of carbonyl (C=O) groups is 5. The second-order valence-corrected chi connectivity index (χ2v) is 16.9. The number of carboxylic acids is 1. The molecule has 9 N–H and O–H groups in total. The van der Waals surface area contributed by atoms with Crippen LogP contribution in [0.2, 0.25) is 0 Å². The molecule has 0 bridgehead atoms. The fourth-order valence-corrected chi connectivity index (χ4v) is 7.36. The molecule has 1 saturated carbocycles. The molecular formula is C42H67N7O8. The Kier molecular flexibility index (Phi) is 19.5. The molecule has 4 amide bonds. The molecule has 1 aromatic heterocycles. The molecule has 0 spiro atoms. The van der Waals surface area contributed by atoms with E-state index in [1.807, 2.05) is 44.2 Å². The van der Waals surface area contributed by atoms with Gasteiger partial charge in [0.1, 0.15) is 23.7 Å². The standard InChI is InChI=1S/C42H67N7O8/c1-27(2)20-30(37(51)46-32(40(54)55)18-12-13-19-43)23-36(50)33(21-28-14-8-6-9-15-28)47-39(53)35(24-31-25-44-26-45-31)48-38(52)34(22-29-16-10-7-11-17-29)49-41(56)57-42(3,4)5/h7,10-11,16-17,25-28,30,32-36,50H,6,8-9,12-15,18-24,43H2,1-5H3,(H,44,45)(H,46,51)(H,47,53)(H,48,52)(H,49,56)(H,54,55)/t30-,32+,33+,34+,35+,36+/m1/s1. The van der Waals surface area contributed by atoms with Crippen LogP contribution in [0.25, 0.3) is 0 Å². The fraction of sp³-hybridized carbons (Fsp3) is 0.667. The number of aromatic nitrogens is 2. The van der Waals surface area contributed by atoms with Gasteiger partial charge in [0.2, 0.25) is 17.7 Å². The first-order valence-electron chi connectivity index (χ1n) is 20.6. The molecule has 1 aromatic carbocycles. The summed E-state index contributed by atoms with van der Waals surface area (Å²) < 4.78 is 5.46. The van der Waals surface area contributed by atoms with Crippen LogP contribution in [0.5, 0.6) is 0 Å². The summed E-state index contributed by atoms with van der Waals surface area (Å²) in [4.78, 5) is 74.1. The number of imidazole rings is 1. The Hall–Kier alpha value is -4.50. The van der Waals surface area contributed by atoms with Crippen molar-refractivity contribution >= 4 is 29.8 Å². The zero-order valence-electron chi connectivity index (χ0n) is 34.4. The van der Waals surface area contributed by atoms with E-state index in [2.05, 4.69) is 31.2 Å². The summed E-state index contributed by atoms with van der Waals surface area (Å²) in [5, 5.41) is 33.0. The van der Waals surface area contributed by atoms with Gasteiger partial charge in [0.15, 0.2) is 0 Å². The van der Waals surface area contributed by atoms with E-state index in [1.165, 1.54) is 6.33 Å². The van der Waals surface area contributed by atoms with Gasteiger partial charge in [0.25, 0.3) is 0 Å². The minimum absolute atomic E-state index is 0.00660. The van der Waals surface area contributed by atoms with E-state index in [-0.39, 0.29) is 37.5 Å². The molecule has 1 aliphatic carbocycles. The maximum absolute atomic E-state index is 14.4. The van der Waals surface area contributed by atoms with Gasteiger partial charge in [-0.05, 0) is 83.2 Å². The number of aliphatic carboxylic acids is 1. The molecule has 6 atom stereocenters. The van der Waals surface area contributed by atoms with E-state index in [9.17, 15) is 34.2 Å². The van der Waals surface area contributed by atoms with Crippen LogP contribution in [-0.4, -0.2) is 92.4 Å². The summed E-state index contributed by atoms with van der Waals surface area (Å²) in [5.74, 6) is -3.19. The first-order valence-corrected chi connectivity index (χ1v) is 20.6. The molecule has 15 nitrogen and oxygen atoms in total. The Bertz CT molecular complexity index is 1530. The Labute approximate surface area is 337 Å². The van der Waals surface area contributed by atoms with Crippen molar-refractivity contribution in [2.75, 3.05) is 6.54 Å². The molecular weight excluding hydrogens is 731 g/mol. The van der Waals surface area contributed by atoms with Crippen molar-refractivity contribution in [1.29, 1.82) is 0 Å². The van der Waals surface area contributed by atoms with Crippen molar-refractivity contribution in [2.45, 2.75) is 154 Å². The number of H-pyrrole nitrogens is 1. The number of ether oxygens (including phenoxy) is 1. The van der Waals surface area contributed by atoms with E-state index < -0.39 is 71.6 Å². The number of nitrogens with one attached hydrogen (secondary N) is 5. The number of aliphatic hydroxyl groups excluding tert-OH is 1. The molecule has 0 aliphatic heterocycles. The summed E-state index contributed by atoms with van der Waals surface area (Å²) in [6, 6.07) is 5.07. The van der Waals surface area contributed by atoms with Crippen molar-refractivity contribution in [3.05, 3.63) is 54.1 Å². The smallest absolute Gasteiger partial charge is 0.408 e. The maximum Gasteiger partial charge on any atom is 0.408 e. The fourth-order valence-electron chi connectivity index (χ4n) is 7.36. The number of benzene rings is 1. The quantitative estimate of drug-likeness (QED) is 0.0748. The molecule has 15 heteroatoms. The third kappa shape index (κ3) is 17.7. The molecule has 2 aromatic rings. The Morgan fingerprint density at radius 1 is 0.877 bits per heavy atom. The highest BCUT2D eigenvalue weighted by Crippen LogP contribution is 2.30. The molecule has 1 heterocycles.